The third-order valence-corrected chi connectivity index (χ3v) is 20.5. The molecule has 3 aliphatic rings. The number of aliphatic carboxylic acids is 1. The summed E-state index contributed by atoms with van der Waals surface area (Å²) in [6.07, 6.45) is 4.00. The highest BCUT2D eigenvalue weighted by molar-refractivity contribution is 7.80. The number of carboxylic acid groups (broad SMARTS) is 1. The number of likely N-dealkylation sites (tertiary alicyclic amines) is 3. The normalized spacial score (nSPS) is 18.3. The fourth-order valence-corrected chi connectivity index (χ4v) is 13.9. The van der Waals surface area contributed by atoms with Gasteiger partial charge in [-0.2, -0.15) is 12.6 Å². The van der Waals surface area contributed by atoms with Crippen molar-refractivity contribution in [2.24, 2.45) is 62.3 Å². The predicted octanol–water partition coefficient (Wildman–Crippen LogP) is -6.03. The molecule has 42 heteroatoms. The van der Waals surface area contributed by atoms with Crippen LogP contribution in [0.5, 0.6) is 0 Å². The van der Waals surface area contributed by atoms with Crippen molar-refractivity contribution in [3.63, 3.8) is 0 Å². The number of amides is 14. The summed E-state index contributed by atoms with van der Waals surface area (Å²) in [4.78, 5) is 229. The summed E-state index contributed by atoms with van der Waals surface area (Å²) < 4.78 is 0. The van der Waals surface area contributed by atoms with Gasteiger partial charge in [-0.25, -0.2) is 9.78 Å². The van der Waals surface area contributed by atoms with Crippen LogP contribution in [0.4, 0.5) is 0 Å². The average Bonchev–Trinajstić information content (AvgIpc) is 1.71. The third kappa shape index (κ3) is 29.7. The molecule has 15 atom stereocenters. The Bertz CT molecular complexity index is 3790. The zero-order valence-corrected chi connectivity index (χ0v) is 68.7. The van der Waals surface area contributed by atoms with Gasteiger partial charge in [-0.15, -0.1) is 0 Å². The van der Waals surface area contributed by atoms with E-state index in [1.807, 2.05) is 13.8 Å². The number of carbonyl (C=O) groups excluding carboxylic acids is 14. The summed E-state index contributed by atoms with van der Waals surface area (Å²) in [6, 6.07) is -11.9. The number of nitrogens with zero attached hydrogens (tertiary/aromatic N) is 6. The highest BCUT2D eigenvalue weighted by Gasteiger charge is 2.46. The molecular formula is C75H121N23O18S. The minimum absolute atomic E-state index is 0.00814. The number of aliphatic imine (C=N–C) groups is 2. The number of imidazole rings is 1. The molecule has 0 unspecified atom stereocenters. The first-order chi connectivity index (χ1) is 55.3. The van der Waals surface area contributed by atoms with Gasteiger partial charge in [0.25, 0.3) is 0 Å². The van der Waals surface area contributed by atoms with Gasteiger partial charge in [-0.3, -0.25) is 77.1 Å². The van der Waals surface area contributed by atoms with E-state index in [0.29, 0.717) is 24.1 Å². The second kappa shape index (κ2) is 47.5. The van der Waals surface area contributed by atoms with E-state index >= 15 is 0 Å². The second-order valence-electron chi connectivity index (χ2n) is 30.9. The smallest absolute Gasteiger partial charge is 0.326 e. The Balaban J connectivity index is 1.29. The molecule has 3 saturated heterocycles. The molecule has 3 fully saturated rings. The van der Waals surface area contributed by atoms with Gasteiger partial charge in [0.05, 0.1) is 25.6 Å². The number of aromatic nitrogens is 2. The number of aliphatic hydroxyl groups excluding tert-OH is 2. The van der Waals surface area contributed by atoms with Crippen LogP contribution in [-0.2, 0) is 84.8 Å². The van der Waals surface area contributed by atoms with Gasteiger partial charge in [0.1, 0.15) is 84.6 Å². The van der Waals surface area contributed by atoms with E-state index in [1.54, 1.807) is 71.9 Å². The van der Waals surface area contributed by atoms with Gasteiger partial charge < -0.3 is 122 Å². The van der Waals surface area contributed by atoms with Gasteiger partial charge in [0.2, 0.25) is 82.7 Å². The number of nitrogens with one attached hydrogen (secondary N) is 12. The maximum Gasteiger partial charge on any atom is 0.326 e. The first-order valence-electron chi connectivity index (χ1n) is 39.5. The molecule has 0 aliphatic carbocycles. The standard InChI is InChI=1S/C75H121N23O18S/c1-38(2)30-50(71(113)97-28-17-24-55(97)67(109)94-57(40(5)6)69(111)95-58(41(7)8)73(115)116)90-66(108)54-23-15-27-96(54)70(112)47(21-14-26-83-75(79)80)87-65(107)53-22-16-29-98(53)72(114)52(35-100)92-68(110)56(39(3)4)93-63(105)48(31-43-18-11-10-12-19-43)89-64(106)51(34-99)91-62(104)49(32-44-33-81-37-84-44)88-59(101)42(9)85-61(103)46(20-13-25-82-74(77)78)86-60(102)45(76)36-117/h10-12,18-19,33,37-42,45-58,99-100,117H,13-17,20-32,34-36,76H2,1-9H3,(H,81,84)(H,85,103)(H,86,102)(H,87,107)(H,88,101)(H,89,106)(H,90,108)(H,91,104)(H,92,110)(H,93,105)(H,94,109)(H,95,111)(H,115,116)(H4,77,78,82)(H4,79,80,83)/t42-,45-,46-,47-,48-,49-,50-,51-,52-,53-,54-,55-,56-,57-,58-/m0/s1. The predicted molar refractivity (Wildman–Crippen MR) is 431 cm³/mol. The highest BCUT2D eigenvalue weighted by Crippen LogP contribution is 2.26. The molecule has 0 saturated carbocycles. The Morgan fingerprint density at radius 1 is 0.487 bits per heavy atom. The minimum Gasteiger partial charge on any atom is -0.480 e. The van der Waals surface area contributed by atoms with Crippen LogP contribution in [0, 0.1) is 23.7 Å². The van der Waals surface area contributed by atoms with E-state index in [2.05, 4.69) is 91.1 Å². The number of H-pyrrole nitrogens is 1. The van der Waals surface area contributed by atoms with Gasteiger partial charge in [0, 0.05) is 63.2 Å². The zero-order valence-electron chi connectivity index (χ0n) is 67.8. The molecule has 41 nitrogen and oxygen atoms in total. The number of benzene rings is 1. The number of hydrogen-bond donors (Lipinski definition) is 21. The highest BCUT2D eigenvalue weighted by atomic mass is 32.1. The van der Waals surface area contributed by atoms with E-state index in [1.165, 1.54) is 29.2 Å². The lowest BCUT2D eigenvalue weighted by Crippen LogP contribution is -2.62. The molecule has 5 rings (SSSR count). The maximum atomic E-state index is 14.9. The van der Waals surface area contributed by atoms with E-state index in [9.17, 15) is 87.2 Å². The molecule has 2 aromatic rings. The van der Waals surface area contributed by atoms with Crippen LogP contribution in [0.3, 0.4) is 0 Å². The molecule has 0 spiro atoms. The maximum absolute atomic E-state index is 14.9. The van der Waals surface area contributed by atoms with Gasteiger partial charge in [-0.05, 0) is 107 Å². The summed E-state index contributed by atoms with van der Waals surface area (Å²) in [6.45, 7) is 12.9. The van der Waals surface area contributed by atoms with Crippen molar-refractivity contribution in [1.82, 2.24) is 83.2 Å². The van der Waals surface area contributed by atoms with E-state index in [4.69, 9.17) is 28.7 Å². The first kappa shape index (κ1) is 96.8. The number of carbonyl (C=O) groups is 15. The minimum atomic E-state index is -1.80. The van der Waals surface area contributed by atoms with Gasteiger partial charge in [-0.1, -0.05) is 85.7 Å². The molecule has 3 aliphatic heterocycles. The fraction of sp³-hybridized carbons (Fsp3) is 0.653. The second-order valence-corrected chi connectivity index (χ2v) is 31.3. The van der Waals surface area contributed by atoms with Crippen LogP contribution in [0.15, 0.2) is 52.8 Å². The van der Waals surface area contributed by atoms with Crippen molar-refractivity contribution in [1.29, 1.82) is 0 Å². The van der Waals surface area contributed by atoms with E-state index < -0.39 is 210 Å². The Hall–Kier alpha value is -10.7. The van der Waals surface area contributed by atoms with Crippen molar-refractivity contribution in [3.8, 4) is 0 Å². The number of guanidine groups is 2. The molecule has 4 heterocycles. The van der Waals surface area contributed by atoms with E-state index in [0.717, 1.165) is 4.90 Å². The van der Waals surface area contributed by atoms with Crippen LogP contribution in [0.25, 0.3) is 0 Å². The summed E-state index contributed by atoms with van der Waals surface area (Å²) >= 11 is 4.05. The third-order valence-electron chi connectivity index (χ3n) is 20.1. The lowest BCUT2D eigenvalue weighted by Gasteiger charge is -2.33. The fourth-order valence-electron chi connectivity index (χ4n) is 13.7. The molecule has 1 aromatic heterocycles. The average molecular weight is 1670 g/mol. The van der Waals surface area contributed by atoms with Crippen molar-refractivity contribution in [3.05, 3.63) is 54.1 Å². The monoisotopic (exact) mass is 1660 g/mol. The molecule has 117 heavy (non-hydrogen) atoms. The Kier molecular flexibility index (Phi) is 39.3. The lowest BCUT2D eigenvalue weighted by molar-refractivity contribution is -0.146. The van der Waals surface area contributed by atoms with Crippen molar-refractivity contribution in [2.75, 3.05) is 51.7 Å². The Labute approximate surface area is 685 Å². The zero-order chi connectivity index (χ0) is 87.1. The molecular weight excluding hydrogens is 1540 g/mol. The van der Waals surface area contributed by atoms with Crippen molar-refractivity contribution < 1.29 is 87.2 Å². The number of rotatable bonds is 46. The van der Waals surface area contributed by atoms with Gasteiger partial charge in [0.15, 0.2) is 11.9 Å². The molecule has 0 bridgehead atoms. The molecule has 0 radical (unpaired) electrons. The Morgan fingerprint density at radius 3 is 1.38 bits per heavy atom. The van der Waals surface area contributed by atoms with Crippen LogP contribution < -0.4 is 87.2 Å². The summed E-state index contributed by atoms with van der Waals surface area (Å²) in [7, 11) is 0. The van der Waals surface area contributed by atoms with Crippen LogP contribution in [0.1, 0.15) is 144 Å². The largest absolute Gasteiger partial charge is 0.480 e. The lowest BCUT2D eigenvalue weighted by atomic mass is 9.99. The molecule has 14 amide bonds. The van der Waals surface area contributed by atoms with Crippen LogP contribution in [-0.4, -0.2) is 283 Å². The number of nitrogens with two attached hydrogens (primary N) is 5. The quantitative estimate of drug-likeness (QED) is 0.0127. The van der Waals surface area contributed by atoms with Gasteiger partial charge >= 0.3 is 5.97 Å². The number of aromatic amines is 1. The number of aliphatic hydroxyl groups is 2. The topological polar surface area (TPSA) is 642 Å². The van der Waals surface area contributed by atoms with E-state index in [-0.39, 0.29) is 127 Å². The Morgan fingerprint density at radius 2 is 0.897 bits per heavy atom. The summed E-state index contributed by atoms with van der Waals surface area (Å²) in [5.74, 6) is -15.1. The first-order valence-corrected chi connectivity index (χ1v) is 40.1. The summed E-state index contributed by atoms with van der Waals surface area (Å²) in [5, 5.41) is 59.8. The SMILES string of the molecule is CC(C)C[C@H](NC(=O)[C@@H]1CCCN1C(=O)[C@H](CCCN=C(N)N)NC(=O)[C@@H]1CCCN1C(=O)[C@H](CO)NC(=O)[C@@H](NC(=O)[C@H](Cc1ccccc1)NC(=O)[C@H](CO)NC(=O)[C@H](Cc1cnc[nH]1)NC(=O)[C@H](C)NC(=O)[C@H](CCCN=C(N)N)NC(=O)[C@@H](N)CS)C(C)C)C(=O)N1CCC[C@H]1C(=O)N[C@H](C(=O)N[C@H](C(=O)O)C(C)C)C(C)C. The van der Waals surface area contributed by atoms with Crippen molar-refractivity contribution >= 4 is 113 Å². The number of hydrogen-bond acceptors (Lipinski definition) is 22. The molecule has 1 aromatic carbocycles. The molecule has 650 valence electrons. The van der Waals surface area contributed by atoms with Crippen molar-refractivity contribution in [2.45, 2.75) is 236 Å². The molecule has 25 N–H and O–H groups in total. The van der Waals surface area contributed by atoms with Crippen LogP contribution in [0.2, 0.25) is 0 Å². The number of thiol groups is 1. The summed E-state index contributed by atoms with van der Waals surface area (Å²) in [5.41, 5.74) is 28.8. The number of carboxylic acids is 1. The van der Waals surface area contributed by atoms with Crippen LogP contribution >= 0.6 is 12.6 Å².